The molecular weight excluding hydrogens is 671 g/mol. The predicted molar refractivity (Wildman–Crippen MR) is 217 cm³/mol. The van der Waals surface area contributed by atoms with Crippen molar-refractivity contribution >= 4 is 60.0 Å². The smallest absolute Gasteiger partial charge is 0.136 e. The van der Waals surface area contributed by atoms with Crippen molar-refractivity contribution < 1.29 is 4.42 Å². The van der Waals surface area contributed by atoms with E-state index in [9.17, 15) is 10.5 Å². The Morgan fingerprint density at radius 1 is 0.564 bits per heavy atom. The molecule has 0 aliphatic heterocycles. The van der Waals surface area contributed by atoms with E-state index in [2.05, 4.69) is 83.3 Å². The normalized spacial score (nSPS) is 32.0. The number of rotatable bonds is 1. The first-order chi connectivity index (χ1) is 27.1. The third-order valence-electron chi connectivity index (χ3n) is 17.4. The molecule has 1 spiro atoms. The highest BCUT2D eigenvalue weighted by Crippen LogP contribution is 2.77. The molecule has 264 valence electrons. The molecule has 0 saturated heterocycles. The Hall–Kier alpha value is -5.32. The van der Waals surface area contributed by atoms with Crippen molar-refractivity contribution in [3.05, 3.63) is 100 Å². The molecule has 4 heteroatoms. The quantitative estimate of drug-likeness (QED) is 0.170. The number of hydrogen-bond donors (Lipinski definition) is 0. The zero-order valence-corrected chi connectivity index (χ0v) is 30.8. The molecule has 5 fully saturated rings. The molecule has 7 bridgehead atoms. The summed E-state index contributed by atoms with van der Waals surface area (Å²) >= 11 is 0. The van der Waals surface area contributed by atoms with Crippen LogP contribution in [0.5, 0.6) is 0 Å². The molecule has 8 aromatic rings. The Bertz CT molecular complexity index is 3200. The molecule has 5 saturated carbocycles. The van der Waals surface area contributed by atoms with E-state index in [1.165, 1.54) is 141 Å². The minimum Gasteiger partial charge on any atom is -0.456 e. The lowest BCUT2D eigenvalue weighted by molar-refractivity contribution is 0.00322. The van der Waals surface area contributed by atoms with Gasteiger partial charge in [0.05, 0.1) is 39.8 Å². The predicted octanol–water partition coefficient (Wildman–Crippen LogP) is 12.9. The Balaban J connectivity index is 1.15. The van der Waals surface area contributed by atoms with Gasteiger partial charge in [0.1, 0.15) is 11.2 Å². The molecule has 55 heavy (non-hydrogen) atoms. The van der Waals surface area contributed by atoms with E-state index in [-0.39, 0.29) is 0 Å². The molecule has 7 atom stereocenters. The van der Waals surface area contributed by atoms with E-state index in [0.717, 1.165) is 51.4 Å². The van der Waals surface area contributed by atoms with Gasteiger partial charge in [0.2, 0.25) is 0 Å². The summed E-state index contributed by atoms with van der Waals surface area (Å²) in [6.45, 7) is 0. The van der Waals surface area contributed by atoms with Crippen LogP contribution in [0.2, 0.25) is 0 Å². The summed E-state index contributed by atoms with van der Waals surface area (Å²) < 4.78 is 9.02. The van der Waals surface area contributed by atoms with Gasteiger partial charge in [-0.15, -0.1) is 0 Å². The number of hydrogen-bond acceptors (Lipinski definition) is 3. The van der Waals surface area contributed by atoms with Crippen molar-refractivity contribution in [3.63, 3.8) is 0 Å². The zero-order valence-electron chi connectivity index (χ0n) is 30.8. The highest BCUT2D eigenvalue weighted by Gasteiger charge is 2.66. The molecule has 8 aliphatic carbocycles. The fraction of sp³-hybridized carbons (Fsp3) is 0.373. The molecule has 4 nitrogen and oxygen atoms in total. The summed E-state index contributed by atoms with van der Waals surface area (Å²) in [5.41, 5.74) is 16.1. The summed E-state index contributed by atoms with van der Waals surface area (Å²) in [5, 5.41) is 29.8. The zero-order chi connectivity index (χ0) is 35.6. The van der Waals surface area contributed by atoms with Crippen LogP contribution in [0.1, 0.15) is 121 Å². The van der Waals surface area contributed by atoms with Crippen LogP contribution in [-0.4, -0.2) is 4.40 Å². The van der Waals surface area contributed by atoms with Gasteiger partial charge in [-0.1, -0.05) is 30.3 Å². The fourth-order valence-corrected chi connectivity index (χ4v) is 16.0. The van der Waals surface area contributed by atoms with Gasteiger partial charge in [-0.05, 0) is 187 Å². The molecule has 16 rings (SSSR count). The van der Waals surface area contributed by atoms with Gasteiger partial charge in [0.25, 0.3) is 0 Å². The van der Waals surface area contributed by atoms with Gasteiger partial charge >= 0.3 is 0 Å². The molecule has 3 aromatic heterocycles. The lowest BCUT2D eigenvalue weighted by Crippen LogP contribution is -2.41. The van der Waals surface area contributed by atoms with Crippen LogP contribution in [0, 0.1) is 51.7 Å². The van der Waals surface area contributed by atoms with Gasteiger partial charge in [-0.3, -0.25) is 0 Å². The summed E-state index contributed by atoms with van der Waals surface area (Å²) in [4.78, 5) is 0. The van der Waals surface area contributed by atoms with Crippen LogP contribution in [-0.2, 0) is 0 Å². The molecule has 3 heterocycles. The number of furan rings is 1. The van der Waals surface area contributed by atoms with Crippen LogP contribution in [0.25, 0.3) is 71.2 Å². The van der Waals surface area contributed by atoms with Gasteiger partial charge < -0.3 is 8.82 Å². The van der Waals surface area contributed by atoms with Crippen LogP contribution < -0.4 is 0 Å². The average molecular weight is 710 g/mol. The Labute approximate surface area is 318 Å². The third kappa shape index (κ3) is 3.21. The van der Waals surface area contributed by atoms with E-state index in [0.29, 0.717) is 29.1 Å². The topological polar surface area (TPSA) is 65.1 Å². The van der Waals surface area contributed by atoms with Crippen LogP contribution in [0.15, 0.2) is 71.1 Å². The van der Waals surface area contributed by atoms with E-state index < -0.39 is 0 Å². The lowest BCUT2D eigenvalue weighted by Gasteiger charge is -2.48. The standard InChI is InChI=1S/C51H39N3O/c52-22-31-17-39-48(45-28-11-24-8-25(12-28)10-27(9-24)43(31)45)37-15-26(35-5-3-7-42-47(35)36-4-1-2-6-41(36)55-42)16-38-49-40(54(39)50(37)38)18-32(23-53)44-29-13-33-19-34-14-30(46(44)49)21-51(33,34)20-29/h1-7,15-18,24-25,27-30,33-34H,8-14,19-21H2. The maximum absolute atomic E-state index is 11.0. The number of fused-ring (bicyclic) bond motifs is 15. The number of aromatic nitrogens is 1. The van der Waals surface area contributed by atoms with Gasteiger partial charge in [-0.25, -0.2) is 0 Å². The molecule has 7 unspecified atom stereocenters. The summed E-state index contributed by atoms with van der Waals surface area (Å²) in [6.07, 6.45) is 12.8. The SMILES string of the molecule is N#Cc1cc2c(c3c1C1CC4CC(C1)CC3C4)c1cc(-c3cccc4oc5ccccc5c34)cc3c4c5c(c(C#N)cc4n2c13)C1CC2CC3CC5CC23C1. The maximum Gasteiger partial charge on any atom is 0.136 e. The lowest BCUT2D eigenvalue weighted by atomic mass is 9.56. The minimum atomic E-state index is 0.477. The Morgan fingerprint density at radius 2 is 1.16 bits per heavy atom. The van der Waals surface area contributed by atoms with Gasteiger partial charge in [0, 0.05) is 32.3 Å². The minimum absolute atomic E-state index is 0.477. The Kier molecular flexibility index (Phi) is 4.95. The monoisotopic (exact) mass is 709 g/mol. The second kappa shape index (κ2) is 9.37. The van der Waals surface area contributed by atoms with Crippen molar-refractivity contribution in [2.45, 2.75) is 87.9 Å². The second-order valence-corrected chi connectivity index (χ2v) is 19.5. The largest absolute Gasteiger partial charge is 0.456 e. The molecule has 5 aromatic carbocycles. The first kappa shape index (κ1) is 29.0. The van der Waals surface area contributed by atoms with E-state index >= 15 is 0 Å². The van der Waals surface area contributed by atoms with E-state index in [1.807, 2.05) is 0 Å². The summed E-state index contributed by atoms with van der Waals surface area (Å²) in [5.74, 6) is 5.19. The van der Waals surface area contributed by atoms with E-state index in [1.54, 1.807) is 0 Å². The van der Waals surface area contributed by atoms with Crippen molar-refractivity contribution in [2.75, 3.05) is 0 Å². The van der Waals surface area contributed by atoms with Gasteiger partial charge in [-0.2, -0.15) is 10.5 Å². The van der Waals surface area contributed by atoms with Crippen molar-refractivity contribution in [3.8, 4) is 23.3 Å². The molecule has 0 N–H and O–H groups in total. The van der Waals surface area contributed by atoms with Crippen LogP contribution >= 0.6 is 0 Å². The average Bonchev–Trinajstić information content (AvgIpc) is 3.94. The first-order valence-electron chi connectivity index (χ1n) is 21.2. The highest BCUT2D eigenvalue weighted by molar-refractivity contribution is 6.27. The number of nitriles is 2. The highest BCUT2D eigenvalue weighted by atomic mass is 16.3. The first-order valence-corrected chi connectivity index (χ1v) is 21.2. The fourth-order valence-electron chi connectivity index (χ4n) is 16.0. The molecule has 8 aliphatic rings. The van der Waals surface area contributed by atoms with Crippen molar-refractivity contribution in [2.24, 2.45) is 29.1 Å². The molecular formula is C51H39N3O. The molecule has 0 amide bonds. The Morgan fingerprint density at radius 3 is 1.85 bits per heavy atom. The number of benzene rings is 5. The third-order valence-corrected chi connectivity index (χ3v) is 17.4. The summed E-state index contributed by atoms with van der Waals surface area (Å²) in [7, 11) is 0. The van der Waals surface area contributed by atoms with Crippen LogP contribution in [0.3, 0.4) is 0 Å². The van der Waals surface area contributed by atoms with Crippen LogP contribution in [0.4, 0.5) is 0 Å². The van der Waals surface area contributed by atoms with Crippen molar-refractivity contribution in [1.82, 2.24) is 4.40 Å². The summed E-state index contributed by atoms with van der Waals surface area (Å²) in [6, 6.07) is 30.2. The van der Waals surface area contributed by atoms with E-state index in [4.69, 9.17) is 4.42 Å². The van der Waals surface area contributed by atoms with Gasteiger partial charge in [0.15, 0.2) is 0 Å². The molecule has 0 radical (unpaired) electrons. The maximum atomic E-state index is 11.0. The number of para-hydroxylation sites is 1. The number of nitrogens with zero attached hydrogens (tertiary/aromatic N) is 3. The second-order valence-electron chi connectivity index (χ2n) is 19.5. The van der Waals surface area contributed by atoms with Crippen molar-refractivity contribution in [1.29, 1.82) is 10.5 Å².